The highest BCUT2D eigenvalue weighted by Gasteiger charge is 2.33. The fourth-order valence-corrected chi connectivity index (χ4v) is 4.36. The number of non-ortho nitro benzene ring substituents is 1. The van der Waals surface area contributed by atoms with Gasteiger partial charge in [-0.25, -0.2) is 8.42 Å². The summed E-state index contributed by atoms with van der Waals surface area (Å²) in [5, 5.41) is 14.0. The lowest BCUT2D eigenvalue weighted by Gasteiger charge is -2.31. The minimum absolute atomic E-state index is 0.176. The van der Waals surface area contributed by atoms with E-state index in [4.69, 9.17) is 11.6 Å². The zero-order chi connectivity index (χ0) is 21.9. The molecule has 8 nitrogen and oxygen atoms in total. The number of amides is 1. The number of hydrogen-bond donors (Lipinski definition) is 1. The Morgan fingerprint density at radius 3 is 2.38 bits per heavy atom. The summed E-state index contributed by atoms with van der Waals surface area (Å²) in [4.78, 5) is 23.5. The number of benzene rings is 2. The van der Waals surface area contributed by atoms with Crippen LogP contribution in [0, 0.1) is 24.0 Å². The number of nitrogens with one attached hydrogen (secondary N) is 1. The molecule has 0 spiro atoms. The normalized spacial score (nSPS) is 12.3. The molecular formula is C19H22ClN3O5S. The average Bonchev–Trinajstić information content (AvgIpc) is 2.62. The lowest BCUT2D eigenvalue weighted by molar-refractivity contribution is -0.384. The van der Waals surface area contributed by atoms with Gasteiger partial charge in [-0.15, -0.1) is 0 Å². The van der Waals surface area contributed by atoms with Crippen molar-refractivity contribution in [3.05, 3.63) is 62.7 Å². The monoisotopic (exact) mass is 439 g/mol. The number of nitrogens with zero attached hydrogens (tertiary/aromatic N) is 2. The Bertz CT molecular complexity index is 1060. The van der Waals surface area contributed by atoms with Gasteiger partial charge in [0.25, 0.3) is 5.69 Å². The fourth-order valence-electron chi connectivity index (χ4n) is 2.93. The summed E-state index contributed by atoms with van der Waals surface area (Å²) in [6, 6.07) is 7.83. The third kappa shape index (κ3) is 5.24. The molecule has 0 aliphatic carbocycles. The van der Waals surface area contributed by atoms with E-state index in [1.165, 1.54) is 24.3 Å². The van der Waals surface area contributed by atoms with E-state index in [0.717, 1.165) is 10.6 Å². The van der Waals surface area contributed by atoms with Crippen molar-refractivity contribution in [2.75, 3.05) is 15.9 Å². The number of carbonyl (C=O) groups is 1. The van der Waals surface area contributed by atoms with E-state index in [1.54, 1.807) is 32.9 Å². The number of sulfonamides is 1. The summed E-state index contributed by atoms with van der Waals surface area (Å²) in [5.41, 5.74) is 1.63. The van der Waals surface area contributed by atoms with Crippen LogP contribution in [0.5, 0.6) is 0 Å². The van der Waals surface area contributed by atoms with Crippen LogP contribution in [0.4, 0.5) is 17.1 Å². The molecule has 10 heteroatoms. The van der Waals surface area contributed by atoms with Crippen LogP contribution in [-0.2, 0) is 14.8 Å². The van der Waals surface area contributed by atoms with Crippen molar-refractivity contribution in [3.63, 3.8) is 0 Å². The van der Waals surface area contributed by atoms with Crippen molar-refractivity contribution in [1.29, 1.82) is 0 Å². The summed E-state index contributed by atoms with van der Waals surface area (Å²) >= 11 is 6.05. The van der Waals surface area contributed by atoms with Crippen molar-refractivity contribution >= 4 is 44.6 Å². The zero-order valence-electron chi connectivity index (χ0n) is 16.5. The Morgan fingerprint density at radius 2 is 1.83 bits per heavy atom. The number of nitro benzene ring substituents is 1. The van der Waals surface area contributed by atoms with Gasteiger partial charge >= 0.3 is 0 Å². The van der Waals surface area contributed by atoms with E-state index in [2.05, 4.69) is 5.32 Å². The molecule has 1 unspecified atom stereocenters. The van der Waals surface area contributed by atoms with E-state index >= 15 is 0 Å². The van der Waals surface area contributed by atoms with Gasteiger partial charge in [-0.3, -0.25) is 19.2 Å². The molecule has 0 radical (unpaired) electrons. The van der Waals surface area contributed by atoms with Crippen molar-refractivity contribution < 1.29 is 18.1 Å². The molecule has 2 aromatic rings. The van der Waals surface area contributed by atoms with Crippen LogP contribution in [0.3, 0.4) is 0 Å². The molecule has 0 aliphatic rings. The standard InChI is InChI=1S/C19H22ClN3O5S/c1-5-17(19(24)21-16-11-15(23(25)26)9-7-12(16)2)22(29(4,27)28)18-10-14(20)8-6-13(18)3/h6-11,17H,5H2,1-4H3,(H,21,24). The second-order valence-corrected chi connectivity index (χ2v) is 8.96. The number of rotatable bonds is 7. The second-order valence-electron chi connectivity index (χ2n) is 6.66. The largest absolute Gasteiger partial charge is 0.324 e. The van der Waals surface area contributed by atoms with Crippen LogP contribution in [0.15, 0.2) is 36.4 Å². The fraction of sp³-hybridized carbons (Fsp3) is 0.316. The van der Waals surface area contributed by atoms with Crippen molar-refractivity contribution in [2.45, 2.75) is 33.2 Å². The lowest BCUT2D eigenvalue weighted by Crippen LogP contribution is -2.47. The third-order valence-electron chi connectivity index (χ3n) is 4.43. The molecule has 0 saturated heterocycles. The molecule has 2 aromatic carbocycles. The first kappa shape index (κ1) is 22.6. The maximum absolute atomic E-state index is 13.0. The molecule has 1 atom stereocenters. The Balaban J connectivity index is 2.48. The number of hydrogen-bond acceptors (Lipinski definition) is 5. The molecule has 0 fully saturated rings. The maximum atomic E-state index is 13.0. The van der Waals surface area contributed by atoms with Crippen LogP contribution in [0.2, 0.25) is 5.02 Å². The van der Waals surface area contributed by atoms with Crippen LogP contribution < -0.4 is 9.62 Å². The minimum Gasteiger partial charge on any atom is -0.324 e. The molecule has 29 heavy (non-hydrogen) atoms. The highest BCUT2D eigenvalue weighted by Crippen LogP contribution is 2.30. The summed E-state index contributed by atoms with van der Waals surface area (Å²) in [6.07, 6.45) is 1.20. The minimum atomic E-state index is -3.83. The topological polar surface area (TPSA) is 110 Å². The van der Waals surface area contributed by atoms with Gasteiger partial charge in [-0.1, -0.05) is 30.7 Å². The van der Waals surface area contributed by atoms with E-state index < -0.39 is 26.9 Å². The predicted molar refractivity (Wildman–Crippen MR) is 114 cm³/mol. The quantitative estimate of drug-likeness (QED) is 0.517. The van der Waals surface area contributed by atoms with Crippen LogP contribution in [-0.4, -0.2) is 31.5 Å². The first-order valence-corrected chi connectivity index (χ1v) is 11.0. The van der Waals surface area contributed by atoms with Gasteiger partial charge < -0.3 is 5.32 Å². The summed E-state index contributed by atoms with van der Waals surface area (Å²) in [7, 11) is -3.83. The number of anilines is 2. The number of carbonyl (C=O) groups excluding carboxylic acids is 1. The van der Waals surface area contributed by atoms with Crippen LogP contribution in [0.25, 0.3) is 0 Å². The van der Waals surface area contributed by atoms with E-state index in [9.17, 15) is 23.3 Å². The van der Waals surface area contributed by atoms with Crippen molar-refractivity contribution in [1.82, 2.24) is 0 Å². The van der Waals surface area contributed by atoms with E-state index in [-0.39, 0.29) is 17.8 Å². The molecule has 0 bridgehead atoms. The summed E-state index contributed by atoms with van der Waals surface area (Å²) in [6.45, 7) is 5.09. The Morgan fingerprint density at radius 1 is 1.21 bits per heavy atom. The van der Waals surface area contributed by atoms with Gasteiger partial charge in [0, 0.05) is 17.2 Å². The zero-order valence-corrected chi connectivity index (χ0v) is 18.0. The van der Waals surface area contributed by atoms with Gasteiger partial charge in [0.05, 0.1) is 22.6 Å². The van der Waals surface area contributed by atoms with E-state index in [1.807, 2.05) is 0 Å². The van der Waals surface area contributed by atoms with Gasteiger partial charge in [-0.2, -0.15) is 0 Å². The first-order chi connectivity index (χ1) is 13.5. The highest BCUT2D eigenvalue weighted by molar-refractivity contribution is 7.92. The predicted octanol–water partition coefficient (Wildman–Crippen LogP) is 4.05. The molecule has 0 aromatic heterocycles. The number of aryl methyl sites for hydroxylation is 2. The molecule has 0 heterocycles. The summed E-state index contributed by atoms with van der Waals surface area (Å²) in [5.74, 6) is -0.596. The van der Waals surface area contributed by atoms with E-state index in [0.29, 0.717) is 21.8 Å². The lowest BCUT2D eigenvalue weighted by atomic mass is 10.1. The molecule has 2 rings (SSSR count). The van der Waals surface area contributed by atoms with Gasteiger partial charge in [-0.05, 0) is 43.5 Å². The molecule has 1 amide bonds. The molecular weight excluding hydrogens is 418 g/mol. The SMILES string of the molecule is CCC(C(=O)Nc1cc([N+](=O)[O-])ccc1C)N(c1cc(Cl)ccc1C)S(C)(=O)=O. The third-order valence-corrected chi connectivity index (χ3v) is 5.83. The first-order valence-electron chi connectivity index (χ1n) is 8.77. The van der Waals surface area contributed by atoms with Crippen LogP contribution in [0.1, 0.15) is 24.5 Å². The number of nitro groups is 1. The van der Waals surface area contributed by atoms with Crippen LogP contribution >= 0.6 is 11.6 Å². The molecule has 1 N–H and O–H groups in total. The summed E-state index contributed by atoms with van der Waals surface area (Å²) < 4.78 is 26.2. The van der Waals surface area contributed by atoms with Gasteiger partial charge in [0.1, 0.15) is 6.04 Å². The highest BCUT2D eigenvalue weighted by atomic mass is 35.5. The Hall–Kier alpha value is -2.65. The Kier molecular flexibility index (Phi) is 6.86. The average molecular weight is 440 g/mol. The van der Waals surface area contributed by atoms with Crippen molar-refractivity contribution in [3.8, 4) is 0 Å². The second kappa shape index (κ2) is 8.79. The van der Waals surface area contributed by atoms with Gasteiger partial charge in [0.15, 0.2) is 0 Å². The molecule has 0 saturated carbocycles. The number of halogens is 1. The molecule has 0 aliphatic heterocycles. The van der Waals surface area contributed by atoms with Crippen molar-refractivity contribution in [2.24, 2.45) is 0 Å². The molecule has 156 valence electrons. The Labute approximate surface area is 174 Å². The van der Waals surface area contributed by atoms with Gasteiger partial charge in [0.2, 0.25) is 15.9 Å². The smallest absolute Gasteiger partial charge is 0.271 e. The maximum Gasteiger partial charge on any atom is 0.271 e.